The first-order chi connectivity index (χ1) is 10.9. The van der Waals surface area contributed by atoms with E-state index in [0.29, 0.717) is 5.56 Å². The molecule has 2 fully saturated rings. The number of benzene rings is 1. The van der Waals surface area contributed by atoms with Crippen LogP contribution in [0.3, 0.4) is 0 Å². The van der Waals surface area contributed by atoms with E-state index in [-0.39, 0.29) is 6.42 Å². The van der Waals surface area contributed by atoms with E-state index in [1.54, 1.807) is 30.3 Å². The molecule has 1 aliphatic carbocycles. The van der Waals surface area contributed by atoms with Crippen LogP contribution in [0.4, 0.5) is 0 Å². The van der Waals surface area contributed by atoms with Gasteiger partial charge in [0.1, 0.15) is 0 Å². The molecule has 0 aromatic heterocycles. The maximum absolute atomic E-state index is 12.5. The highest BCUT2D eigenvalue weighted by atomic mass is 79.9. The molecule has 1 amide bonds. The molecule has 1 heterocycles. The highest BCUT2D eigenvalue weighted by Gasteiger charge is 2.76. The predicted octanol–water partition coefficient (Wildman–Crippen LogP) is 1.30. The zero-order valence-corrected chi connectivity index (χ0v) is 13.4. The quantitative estimate of drug-likeness (QED) is 0.721. The molecule has 1 saturated heterocycles. The van der Waals surface area contributed by atoms with Gasteiger partial charge in [0.05, 0.1) is 23.0 Å². The molecule has 3 rings (SSSR count). The van der Waals surface area contributed by atoms with Crippen LogP contribution in [0, 0.1) is 44.8 Å². The first kappa shape index (κ1) is 15.5. The minimum atomic E-state index is -1.92. The number of fused-ring (bicyclic) bond motifs is 2. The van der Waals surface area contributed by atoms with Crippen LogP contribution in [0.15, 0.2) is 30.3 Å². The van der Waals surface area contributed by atoms with Crippen LogP contribution < -0.4 is 5.32 Å². The van der Waals surface area contributed by atoms with Crippen molar-refractivity contribution >= 4 is 21.8 Å². The summed E-state index contributed by atoms with van der Waals surface area (Å²) in [5.74, 6) is -1.63. The predicted molar refractivity (Wildman–Crippen MR) is 81.3 cm³/mol. The van der Waals surface area contributed by atoms with E-state index in [9.17, 15) is 25.7 Å². The highest BCUT2D eigenvalue weighted by molar-refractivity contribution is 9.09. The van der Waals surface area contributed by atoms with Gasteiger partial charge in [-0.15, -0.1) is 0 Å². The Morgan fingerprint density at radius 3 is 2.30 bits per heavy atom. The maximum Gasteiger partial charge on any atom is 0.245 e. The first-order valence-electron chi connectivity index (χ1n) is 6.88. The topological polar surface area (TPSA) is 121 Å². The number of aliphatic hydroxyl groups is 1. The molecule has 7 heteroatoms. The number of nitriles is 3. The second-order valence-corrected chi connectivity index (χ2v) is 6.88. The van der Waals surface area contributed by atoms with Crippen LogP contribution in [0.5, 0.6) is 0 Å². The van der Waals surface area contributed by atoms with E-state index in [1.807, 2.05) is 18.2 Å². The van der Waals surface area contributed by atoms with Crippen molar-refractivity contribution in [2.45, 2.75) is 22.9 Å². The van der Waals surface area contributed by atoms with Crippen LogP contribution in [0.1, 0.15) is 17.9 Å². The molecule has 2 aliphatic rings. The summed E-state index contributed by atoms with van der Waals surface area (Å²) in [4.78, 5) is 11.7. The van der Waals surface area contributed by atoms with Crippen LogP contribution in [-0.2, 0) is 4.79 Å². The molecule has 1 aromatic carbocycles. The molecule has 1 aromatic rings. The van der Waals surface area contributed by atoms with Crippen LogP contribution in [0.25, 0.3) is 0 Å². The molecule has 2 N–H and O–H groups in total. The van der Waals surface area contributed by atoms with E-state index in [0.717, 1.165) is 0 Å². The van der Waals surface area contributed by atoms with E-state index in [1.165, 1.54) is 0 Å². The van der Waals surface area contributed by atoms with Crippen LogP contribution in [0.2, 0.25) is 0 Å². The van der Waals surface area contributed by atoms with Gasteiger partial charge in [-0.25, -0.2) is 0 Å². The fourth-order valence-corrected chi connectivity index (χ4v) is 4.67. The van der Waals surface area contributed by atoms with Gasteiger partial charge >= 0.3 is 0 Å². The Balaban J connectivity index is 2.35. The van der Waals surface area contributed by atoms with Crippen molar-refractivity contribution < 1.29 is 9.90 Å². The summed E-state index contributed by atoms with van der Waals surface area (Å²) in [7, 11) is 0. The maximum atomic E-state index is 12.5. The number of carbonyl (C=O) groups excluding carboxylic acids is 1. The Kier molecular flexibility index (Phi) is 3.23. The number of rotatable bonds is 1. The van der Waals surface area contributed by atoms with Gasteiger partial charge in [0.2, 0.25) is 5.91 Å². The van der Waals surface area contributed by atoms with E-state index < -0.39 is 33.2 Å². The van der Waals surface area contributed by atoms with Crippen molar-refractivity contribution in [2.75, 3.05) is 0 Å². The van der Waals surface area contributed by atoms with Gasteiger partial charge in [-0.2, -0.15) is 15.8 Å². The summed E-state index contributed by atoms with van der Waals surface area (Å²) in [5, 5.41) is 42.4. The number of halogens is 1. The minimum absolute atomic E-state index is 0.310. The normalized spacial score (nSPS) is 37.1. The SMILES string of the molecule is N#CC1(C#N)[C@@H](c2ccccc2)[C@@H](Br)[C@]2(O)C[C@@]1(C#N)C(=O)N2. The van der Waals surface area contributed by atoms with E-state index in [4.69, 9.17) is 0 Å². The standard InChI is InChI=1S/C16H11BrN4O2/c17-12-11(10-4-2-1-3-5-10)15(8-19,9-20)14(7-18)6-16(12,23)21-13(14)22/h1-5,11-12,23H,6H2,(H,21,22)/t11-,12+,14+,16+/m0/s1. The molecule has 114 valence electrons. The number of hydrogen-bond donors (Lipinski definition) is 2. The van der Waals surface area contributed by atoms with Gasteiger partial charge in [0, 0.05) is 12.3 Å². The lowest BCUT2D eigenvalue weighted by molar-refractivity contribution is -0.128. The molecule has 1 aliphatic heterocycles. The zero-order chi connectivity index (χ0) is 16.9. The highest BCUT2D eigenvalue weighted by Crippen LogP contribution is 2.63. The van der Waals surface area contributed by atoms with Gasteiger partial charge in [-0.1, -0.05) is 46.3 Å². The Hall–Kier alpha value is -2.40. The van der Waals surface area contributed by atoms with Crippen LogP contribution >= 0.6 is 15.9 Å². The summed E-state index contributed by atoms with van der Waals surface area (Å²) in [6.07, 6.45) is -0.310. The molecule has 1 saturated carbocycles. The number of amides is 1. The Labute approximate surface area is 141 Å². The number of nitrogens with zero attached hydrogens (tertiary/aromatic N) is 3. The van der Waals surface area contributed by atoms with Gasteiger partial charge in [0.15, 0.2) is 16.6 Å². The minimum Gasteiger partial charge on any atom is -0.370 e. The fraction of sp³-hybridized carbons (Fsp3) is 0.375. The van der Waals surface area contributed by atoms with Crippen molar-refractivity contribution in [1.82, 2.24) is 5.32 Å². The number of nitrogens with one attached hydrogen (secondary N) is 1. The average Bonchev–Trinajstić information content (AvgIpc) is 2.82. The number of alkyl halides is 1. The molecule has 2 bridgehead atoms. The van der Waals surface area contributed by atoms with E-state index >= 15 is 0 Å². The molecular formula is C16H11BrN4O2. The van der Waals surface area contributed by atoms with Crippen molar-refractivity contribution in [2.24, 2.45) is 10.8 Å². The van der Waals surface area contributed by atoms with Gasteiger partial charge in [0.25, 0.3) is 0 Å². The van der Waals surface area contributed by atoms with Crippen LogP contribution in [-0.4, -0.2) is 21.6 Å². The Bertz CT molecular complexity index is 792. The lowest BCUT2D eigenvalue weighted by Gasteiger charge is -2.47. The summed E-state index contributed by atoms with van der Waals surface area (Å²) in [6, 6.07) is 14.4. The lowest BCUT2D eigenvalue weighted by Crippen LogP contribution is -2.58. The largest absolute Gasteiger partial charge is 0.370 e. The van der Waals surface area contributed by atoms with Gasteiger partial charge in [-0.3, -0.25) is 4.79 Å². The summed E-state index contributed by atoms with van der Waals surface area (Å²) < 4.78 is 0. The number of carbonyl (C=O) groups is 1. The monoisotopic (exact) mass is 370 g/mol. The van der Waals surface area contributed by atoms with Gasteiger partial charge in [-0.05, 0) is 5.56 Å². The van der Waals surface area contributed by atoms with Crippen molar-refractivity contribution in [1.29, 1.82) is 15.8 Å². The number of hydrogen-bond acceptors (Lipinski definition) is 5. The van der Waals surface area contributed by atoms with Crippen molar-refractivity contribution in [3.8, 4) is 18.2 Å². The smallest absolute Gasteiger partial charge is 0.245 e. The molecule has 0 unspecified atom stereocenters. The summed E-state index contributed by atoms with van der Waals surface area (Å²) in [6.45, 7) is 0. The van der Waals surface area contributed by atoms with Gasteiger partial charge < -0.3 is 10.4 Å². The first-order valence-corrected chi connectivity index (χ1v) is 7.80. The average molecular weight is 371 g/mol. The third kappa shape index (κ3) is 1.65. The van der Waals surface area contributed by atoms with E-state index in [2.05, 4.69) is 21.2 Å². The molecule has 6 nitrogen and oxygen atoms in total. The molecule has 23 heavy (non-hydrogen) atoms. The molecule has 0 radical (unpaired) electrons. The Morgan fingerprint density at radius 1 is 1.17 bits per heavy atom. The van der Waals surface area contributed by atoms with Crippen molar-refractivity contribution in [3.05, 3.63) is 35.9 Å². The zero-order valence-electron chi connectivity index (χ0n) is 11.8. The summed E-state index contributed by atoms with van der Waals surface area (Å²) in [5.41, 5.74) is -4.92. The summed E-state index contributed by atoms with van der Waals surface area (Å²) >= 11 is 3.36. The second kappa shape index (κ2) is 4.80. The third-order valence-electron chi connectivity index (χ3n) is 4.84. The third-order valence-corrected chi connectivity index (χ3v) is 6.13. The molecule has 0 spiro atoms. The second-order valence-electron chi connectivity index (χ2n) is 5.89. The fourth-order valence-electron chi connectivity index (χ4n) is 3.69. The molecular weight excluding hydrogens is 360 g/mol. The molecule has 4 atom stereocenters. The Morgan fingerprint density at radius 2 is 1.78 bits per heavy atom. The lowest BCUT2D eigenvalue weighted by atomic mass is 9.51. The van der Waals surface area contributed by atoms with Crippen molar-refractivity contribution in [3.63, 3.8) is 0 Å².